The first-order valence-electron chi connectivity index (χ1n) is 4.43. The number of rotatable bonds is 4. The van der Waals surface area contributed by atoms with Gasteiger partial charge in [-0.2, -0.15) is 11.8 Å². The van der Waals surface area contributed by atoms with Crippen molar-refractivity contribution >= 4 is 11.8 Å². The number of likely N-dealkylation sites (N-methyl/N-ethyl adjacent to an activating group) is 1. The van der Waals surface area contributed by atoms with Gasteiger partial charge >= 0.3 is 0 Å². The molecule has 1 unspecified atom stereocenters. The molecular weight excluding hydrogens is 168 g/mol. The van der Waals surface area contributed by atoms with Gasteiger partial charge in [0.05, 0.1) is 0 Å². The Labute approximate surface area is 79.4 Å². The van der Waals surface area contributed by atoms with Crippen LogP contribution in [0.1, 0.15) is 0 Å². The molecule has 1 aliphatic rings. The molecule has 70 valence electrons. The fourth-order valence-electron chi connectivity index (χ4n) is 1.41. The summed E-state index contributed by atoms with van der Waals surface area (Å²) in [6, 6.07) is 0.675. The van der Waals surface area contributed by atoms with E-state index in [-0.39, 0.29) is 0 Å². The molecule has 0 radical (unpaired) electrons. The highest BCUT2D eigenvalue weighted by Gasteiger charge is 2.13. The normalized spacial score (nSPS) is 24.3. The van der Waals surface area contributed by atoms with Crippen LogP contribution in [-0.2, 0) is 0 Å². The van der Waals surface area contributed by atoms with E-state index in [9.17, 15) is 0 Å². The Morgan fingerprint density at radius 1 is 1.75 bits per heavy atom. The quantitative estimate of drug-likeness (QED) is 0.654. The minimum absolute atomic E-state index is 0.675. The molecule has 0 aromatic heterocycles. The van der Waals surface area contributed by atoms with Gasteiger partial charge in [0.1, 0.15) is 0 Å². The first kappa shape index (κ1) is 10.1. The molecule has 0 spiro atoms. The number of hydrogen-bond donors (Lipinski definition) is 1. The fraction of sp³-hybridized carbons (Fsp3) is 0.778. The predicted molar refractivity (Wildman–Crippen MR) is 56.8 cm³/mol. The van der Waals surface area contributed by atoms with E-state index < -0.39 is 0 Å². The van der Waals surface area contributed by atoms with Gasteiger partial charge in [0.2, 0.25) is 0 Å². The van der Waals surface area contributed by atoms with Crippen LogP contribution in [0, 0.1) is 0 Å². The minimum Gasteiger partial charge on any atom is -0.311 e. The Morgan fingerprint density at radius 3 is 3.17 bits per heavy atom. The lowest BCUT2D eigenvalue weighted by molar-refractivity contribution is 0.326. The molecule has 0 saturated carbocycles. The van der Waals surface area contributed by atoms with Crippen LogP contribution in [0.4, 0.5) is 0 Å². The highest BCUT2D eigenvalue weighted by molar-refractivity contribution is 7.99. The van der Waals surface area contributed by atoms with Gasteiger partial charge in [-0.3, -0.25) is 0 Å². The molecule has 1 fully saturated rings. The van der Waals surface area contributed by atoms with E-state index in [4.69, 9.17) is 0 Å². The molecule has 0 aliphatic carbocycles. The van der Waals surface area contributed by atoms with Crippen molar-refractivity contribution in [1.29, 1.82) is 0 Å². The maximum Gasteiger partial charge on any atom is 0.0285 e. The van der Waals surface area contributed by atoms with Gasteiger partial charge in [-0.15, -0.1) is 6.58 Å². The molecule has 1 N–H and O–H groups in total. The van der Waals surface area contributed by atoms with Gasteiger partial charge in [-0.05, 0) is 7.05 Å². The molecule has 1 saturated heterocycles. The first-order chi connectivity index (χ1) is 5.83. The van der Waals surface area contributed by atoms with Crippen LogP contribution >= 0.6 is 11.8 Å². The molecule has 0 amide bonds. The Bertz CT molecular complexity index is 132. The highest BCUT2D eigenvalue weighted by Crippen LogP contribution is 2.07. The standard InChI is InChI=1S/C9H18N2S/c1-3-5-11(2)7-9-8-12-6-4-10-9/h3,9-10H,1,4-8H2,2H3. The van der Waals surface area contributed by atoms with Gasteiger partial charge in [0, 0.05) is 37.2 Å². The Hall–Kier alpha value is 0.01000. The lowest BCUT2D eigenvalue weighted by atomic mass is 10.3. The SMILES string of the molecule is C=CCN(C)CC1CSCCN1. The molecule has 0 aromatic carbocycles. The summed E-state index contributed by atoms with van der Waals surface area (Å²) in [6.45, 7) is 7.02. The van der Waals surface area contributed by atoms with Crippen molar-refractivity contribution < 1.29 is 0 Å². The summed E-state index contributed by atoms with van der Waals surface area (Å²) in [5.41, 5.74) is 0. The molecule has 12 heavy (non-hydrogen) atoms. The minimum atomic E-state index is 0.675. The summed E-state index contributed by atoms with van der Waals surface area (Å²) in [6.07, 6.45) is 1.95. The van der Waals surface area contributed by atoms with Crippen LogP contribution in [0.2, 0.25) is 0 Å². The Balaban J connectivity index is 2.15. The first-order valence-corrected chi connectivity index (χ1v) is 5.59. The molecule has 1 heterocycles. The lowest BCUT2D eigenvalue weighted by Gasteiger charge is -2.27. The molecular formula is C9H18N2S. The van der Waals surface area contributed by atoms with Crippen LogP contribution in [-0.4, -0.2) is 49.1 Å². The molecule has 1 aliphatic heterocycles. The Morgan fingerprint density at radius 2 is 2.58 bits per heavy atom. The summed E-state index contributed by atoms with van der Waals surface area (Å²) < 4.78 is 0. The molecule has 1 atom stereocenters. The second-order valence-corrected chi connectivity index (χ2v) is 4.39. The van der Waals surface area contributed by atoms with Gasteiger partial charge < -0.3 is 10.2 Å². The lowest BCUT2D eigenvalue weighted by Crippen LogP contribution is -2.44. The number of nitrogens with zero attached hydrogens (tertiary/aromatic N) is 1. The largest absolute Gasteiger partial charge is 0.311 e. The van der Waals surface area contributed by atoms with Crippen molar-refractivity contribution in [1.82, 2.24) is 10.2 Å². The van der Waals surface area contributed by atoms with Crippen molar-refractivity contribution in [3.63, 3.8) is 0 Å². The van der Waals surface area contributed by atoms with Gasteiger partial charge in [-0.25, -0.2) is 0 Å². The van der Waals surface area contributed by atoms with E-state index in [2.05, 4.69) is 23.8 Å². The van der Waals surface area contributed by atoms with E-state index in [1.807, 2.05) is 17.8 Å². The van der Waals surface area contributed by atoms with Crippen molar-refractivity contribution in [2.24, 2.45) is 0 Å². The average Bonchev–Trinajstić information content (AvgIpc) is 2.06. The van der Waals surface area contributed by atoms with Crippen molar-refractivity contribution in [2.75, 3.05) is 38.2 Å². The number of thioether (sulfide) groups is 1. The third-order valence-electron chi connectivity index (χ3n) is 1.97. The second kappa shape index (κ2) is 5.62. The maximum absolute atomic E-state index is 3.73. The van der Waals surface area contributed by atoms with E-state index >= 15 is 0 Å². The topological polar surface area (TPSA) is 15.3 Å². The highest BCUT2D eigenvalue weighted by atomic mass is 32.2. The van der Waals surface area contributed by atoms with Crippen LogP contribution in [0.3, 0.4) is 0 Å². The Kier molecular flexibility index (Phi) is 4.73. The third-order valence-corrected chi connectivity index (χ3v) is 3.10. The molecule has 2 nitrogen and oxygen atoms in total. The number of nitrogens with one attached hydrogen (secondary N) is 1. The van der Waals surface area contributed by atoms with Crippen molar-refractivity contribution in [3.8, 4) is 0 Å². The summed E-state index contributed by atoms with van der Waals surface area (Å²) in [5, 5.41) is 3.51. The van der Waals surface area contributed by atoms with E-state index in [0.29, 0.717) is 6.04 Å². The smallest absolute Gasteiger partial charge is 0.0285 e. The van der Waals surface area contributed by atoms with Gasteiger partial charge in [0.15, 0.2) is 0 Å². The average molecular weight is 186 g/mol. The summed E-state index contributed by atoms with van der Waals surface area (Å²) >= 11 is 2.05. The fourth-order valence-corrected chi connectivity index (χ4v) is 2.34. The van der Waals surface area contributed by atoms with Crippen LogP contribution in [0.25, 0.3) is 0 Å². The zero-order valence-electron chi connectivity index (χ0n) is 7.75. The monoisotopic (exact) mass is 186 g/mol. The molecule has 3 heteroatoms. The van der Waals surface area contributed by atoms with Crippen LogP contribution < -0.4 is 5.32 Å². The number of hydrogen-bond acceptors (Lipinski definition) is 3. The molecule has 0 aromatic rings. The van der Waals surface area contributed by atoms with E-state index in [1.165, 1.54) is 11.5 Å². The zero-order valence-corrected chi connectivity index (χ0v) is 8.57. The zero-order chi connectivity index (χ0) is 8.81. The van der Waals surface area contributed by atoms with Crippen molar-refractivity contribution in [3.05, 3.63) is 12.7 Å². The van der Waals surface area contributed by atoms with Gasteiger partial charge in [-0.1, -0.05) is 6.08 Å². The predicted octanol–water partition coefficient (Wildman–Crippen LogP) is 0.809. The second-order valence-electron chi connectivity index (χ2n) is 3.24. The molecule has 0 bridgehead atoms. The third kappa shape index (κ3) is 3.61. The van der Waals surface area contributed by atoms with Crippen molar-refractivity contribution in [2.45, 2.75) is 6.04 Å². The van der Waals surface area contributed by atoms with Crippen LogP contribution in [0.5, 0.6) is 0 Å². The van der Waals surface area contributed by atoms with E-state index in [0.717, 1.165) is 19.6 Å². The van der Waals surface area contributed by atoms with Crippen LogP contribution in [0.15, 0.2) is 12.7 Å². The summed E-state index contributed by atoms with van der Waals surface area (Å²) in [5.74, 6) is 2.52. The summed E-state index contributed by atoms with van der Waals surface area (Å²) in [4.78, 5) is 2.30. The summed E-state index contributed by atoms with van der Waals surface area (Å²) in [7, 11) is 2.14. The van der Waals surface area contributed by atoms with Gasteiger partial charge in [0.25, 0.3) is 0 Å². The maximum atomic E-state index is 3.73. The molecule has 1 rings (SSSR count). The van der Waals surface area contributed by atoms with E-state index in [1.54, 1.807) is 0 Å².